The Bertz CT molecular complexity index is 773. The molecule has 1 N–H and O–H groups in total. The van der Waals surface area contributed by atoms with Gasteiger partial charge in [-0.3, -0.25) is 0 Å². The van der Waals surface area contributed by atoms with Crippen molar-refractivity contribution in [2.75, 3.05) is 7.05 Å². The lowest BCUT2D eigenvalue weighted by Crippen LogP contribution is -2.11. The summed E-state index contributed by atoms with van der Waals surface area (Å²) in [6.07, 6.45) is 0. The largest absolute Gasteiger partial charge is 0.316 e. The monoisotopic (exact) mass is 278 g/mol. The first-order valence-corrected chi connectivity index (χ1v) is 7.04. The molecule has 3 aromatic rings. The second kappa shape index (κ2) is 5.58. The molecule has 0 saturated heterocycles. The number of nitrogens with one attached hydrogen (secondary N) is 1. The van der Waals surface area contributed by atoms with Crippen molar-refractivity contribution < 1.29 is 0 Å². The van der Waals surface area contributed by atoms with E-state index in [0.29, 0.717) is 5.82 Å². The third kappa shape index (κ3) is 2.62. The number of hydrogen-bond donors (Lipinski definition) is 1. The minimum Gasteiger partial charge on any atom is -0.316 e. The lowest BCUT2D eigenvalue weighted by atomic mass is 10.1. The molecule has 2 aromatic heterocycles. The van der Waals surface area contributed by atoms with Crippen LogP contribution in [0.2, 0.25) is 0 Å². The van der Waals surface area contributed by atoms with Crippen molar-refractivity contribution in [2.45, 2.75) is 20.4 Å². The third-order valence-corrected chi connectivity index (χ3v) is 3.60. The van der Waals surface area contributed by atoms with E-state index < -0.39 is 0 Å². The van der Waals surface area contributed by atoms with E-state index in [9.17, 15) is 0 Å². The fourth-order valence-electron chi connectivity index (χ4n) is 2.48. The summed E-state index contributed by atoms with van der Waals surface area (Å²) >= 11 is 0. The van der Waals surface area contributed by atoms with Crippen molar-refractivity contribution in [1.82, 2.24) is 20.3 Å². The Morgan fingerprint density at radius 1 is 0.905 bits per heavy atom. The van der Waals surface area contributed by atoms with Gasteiger partial charge < -0.3 is 5.32 Å². The van der Waals surface area contributed by atoms with Crippen molar-refractivity contribution in [3.05, 3.63) is 53.3 Å². The van der Waals surface area contributed by atoms with Gasteiger partial charge in [-0.2, -0.15) is 0 Å². The zero-order valence-corrected chi connectivity index (χ0v) is 12.5. The number of hydrogen-bond acceptors (Lipinski definition) is 4. The number of para-hydroxylation sites is 1. The van der Waals surface area contributed by atoms with E-state index in [1.165, 1.54) is 0 Å². The highest BCUT2D eigenvalue weighted by atomic mass is 14.9. The van der Waals surface area contributed by atoms with Crippen LogP contribution < -0.4 is 5.32 Å². The van der Waals surface area contributed by atoms with Crippen LogP contribution in [0.1, 0.15) is 17.0 Å². The summed E-state index contributed by atoms with van der Waals surface area (Å²) < 4.78 is 0. The van der Waals surface area contributed by atoms with Gasteiger partial charge in [0.2, 0.25) is 0 Å². The fourth-order valence-corrected chi connectivity index (χ4v) is 2.48. The molecule has 0 spiro atoms. The molecule has 0 unspecified atom stereocenters. The number of nitrogens with zero attached hydrogens (tertiary/aromatic N) is 3. The summed E-state index contributed by atoms with van der Waals surface area (Å²) in [4.78, 5) is 13.9. The van der Waals surface area contributed by atoms with Crippen molar-refractivity contribution in [2.24, 2.45) is 0 Å². The Balaban J connectivity index is 2.10. The molecule has 4 heteroatoms. The maximum absolute atomic E-state index is 4.66. The zero-order valence-electron chi connectivity index (χ0n) is 12.5. The van der Waals surface area contributed by atoms with Crippen LogP contribution in [0.25, 0.3) is 22.4 Å². The number of aromatic nitrogens is 3. The number of aryl methyl sites for hydroxylation is 2. The minimum atomic E-state index is 0.690. The van der Waals surface area contributed by atoms with Crippen LogP contribution >= 0.6 is 0 Å². The Hall–Kier alpha value is -2.33. The average molecular weight is 278 g/mol. The quantitative estimate of drug-likeness (QED) is 0.800. The zero-order chi connectivity index (χ0) is 14.8. The topological polar surface area (TPSA) is 50.7 Å². The Morgan fingerprint density at radius 3 is 2.33 bits per heavy atom. The van der Waals surface area contributed by atoms with Gasteiger partial charge in [-0.25, -0.2) is 15.0 Å². The van der Waals surface area contributed by atoms with Crippen molar-refractivity contribution in [3.8, 4) is 11.5 Å². The van der Waals surface area contributed by atoms with Crippen molar-refractivity contribution >= 4 is 10.9 Å². The molecular formula is C17H18N4. The normalized spacial score (nSPS) is 11.0. The Kier molecular flexibility index (Phi) is 3.62. The molecule has 3 rings (SSSR count). The van der Waals surface area contributed by atoms with Gasteiger partial charge in [-0.05, 0) is 33.0 Å². The molecule has 2 heterocycles. The predicted molar refractivity (Wildman–Crippen MR) is 85.0 cm³/mol. The van der Waals surface area contributed by atoms with Crippen LogP contribution in [0.5, 0.6) is 0 Å². The molecule has 0 radical (unpaired) electrons. The second-order valence-electron chi connectivity index (χ2n) is 5.12. The number of pyridine rings is 1. The maximum Gasteiger partial charge on any atom is 0.178 e. The Morgan fingerprint density at radius 2 is 1.62 bits per heavy atom. The fraction of sp³-hybridized carbons (Fsp3) is 0.235. The predicted octanol–water partition coefficient (Wildman–Crippen LogP) is 3.03. The Labute approximate surface area is 124 Å². The number of benzene rings is 1. The molecular weight excluding hydrogens is 260 g/mol. The van der Waals surface area contributed by atoms with Crippen LogP contribution in [-0.2, 0) is 6.54 Å². The highest BCUT2D eigenvalue weighted by molar-refractivity contribution is 5.80. The van der Waals surface area contributed by atoms with Gasteiger partial charge in [-0.1, -0.05) is 24.3 Å². The van der Waals surface area contributed by atoms with Gasteiger partial charge in [0.25, 0.3) is 0 Å². The number of fused-ring (bicyclic) bond motifs is 1. The molecule has 106 valence electrons. The van der Waals surface area contributed by atoms with E-state index in [0.717, 1.165) is 40.1 Å². The summed E-state index contributed by atoms with van der Waals surface area (Å²) in [5.41, 5.74) is 4.94. The maximum atomic E-state index is 4.66. The number of rotatable bonds is 3. The molecule has 0 fully saturated rings. The highest BCUT2D eigenvalue weighted by Crippen LogP contribution is 2.20. The average Bonchev–Trinajstić information content (AvgIpc) is 2.50. The summed E-state index contributed by atoms with van der Waals surface area (Å²) in [7, 11) is 1.93. The third-order valence-electron chi connectivity index (χ3n) is 3.60. The van der Waals surface area contributed by atoms with E-state index in [1.54, 1.807) is 0 Å². The lowest BCUT2D eigenvalue weighted by Gasteiger charge is -2.10. The first-order valence-electron chi connectivity index (χ1n) is 7.04. The van der Waals surface area contributed by atoms with Gasteiger partial charge in [0.15, 0.2) is 5.82 Å². The van der Waals surface area contributed by atoms with Gasteiger partial charge in [0, 0.05) is 28.9 Å². The summed E-state index contributed by atoms with van der Waals surface area (Å²) in [5.74, 6) is 0.690. The van der Waals surface area contributed by atoms with E-state index in [-0.39, 0.29) is 0 Å². The molecule has 0 saturated carbocycles. The smallest absolute Gasteiger partial charge is 0.178 e. The van der Waals surface area contributed by atoms with E-state index in [2.05, 4.69) is 32.4 Å². The van der Waals surface area contributed by atoms with Gasteiger partial charge in [0.1, 0.15) is 5.69 Å². The molecule has 0 amide bonds. The lowest BCUT2D eigenvalue weighted by molar-refractivity contribution is 0.787. The van der Waals surface area contributed by atoms with Crippen molar-refractivity contribution in [1.29, 1.82) is 0 Å². The summed E-state index contributed by atoms with van der Waals surface area (Å²) in [6.45, 7) is 4.82. The SMILES string of the molecule is CNCc1c(C)nc(-c2ccc3ccccc3n2)nc1C. The van der Waals surface area contributed by atoms with Crippen LogP contribution in [0.3, 0.4) is 0 Å². The van der Waals surface area contributed by atoms with E-state index in [4.69, 9.17) is 0 Å². The highest BCUT2D eigenvalue weighted by Gasteiger charge is 2.10. The first-order chi connectivity index (χ1) is 10.2. The van der Waals surface area contributed by atoms with Gasteiger partial charge in [-0.15, -0.1) is 0 Å². The van der Waals surface area contributed by atoms with Crippen molar-refractivity contribution in [3.63, 3.8) is 0 Å². The summed E-state index contributed by atoms with van der Waals surface area (Å²) in [6, 6.07) is 12.1. The molecule has 1 aromatic carbocycles. The van der Waals surface area contributed by atoms with E-state index >= 15 is 0 Å². The summed E-state index contributed by atoms with van der Waals surface area (Å²) in [5, 5.41) is 4.28. The molecule has 0 aliphatic carbocycles. The molecule has 0 atom stereocenters. The minimum absolute atomic E-state index is 0.690. The molecule has 21 heavy (non-hydrogen) atoms. The van der Waals surface area contributed by atoms with Crippen LogP contribution in [-0.4, -0.2) is 22.0 Å². The van der Waals surface area contributed by atoms with Crippen LogP contribution in [0.4, 0.5) is 0 Å². The second-order valence-corrected chi connectivity index (χ2v) is 5.12. The molecule has 0 aliphatic rings. The van der Waals surface area contributed by atoms with Gasteiger partial charge in [0.05, 0.1) is 5.52 Å². The van der Waals surface area contributed by atoms with E-state index in [1.807, 2.05) is 45.2 Å². The molecule has 0 aliphatic heterocycles. The van der Waals surface area contributed by atoms with Crippen LogP contribution in [0, 0.1) is 13.8 Å². The first kappa shape index (κ1) is 13.6. The standard InChI is InChI=1S/C17H18N4/c1-11-14(10-18-3)12(2)20-17(19-11)16-9-8-13-6-4-5-7-15(13)21-16/h4-9,18H,10H2,1-3H3. The van der Waals surface area contributed by atoms with Crippen LogP contribution in [0.15, 0.2) is 36.4 Å². The molecule has 0 bridgehead atoms. The molecule has 4 nitrogen and oxygen atoms in total. The van der Waals surface area contributed by atoms with Gasteiger partial charge >= 0.3 is 0 Å².